The summed E-state index contributed by atoms with van der Waals surface area (Å²) in [5.74, 6) is 0. The van der Waals surface area contributed by atoms with Crippen LogP contribution in [-0.2, 0) is 6.42 Å². The smallest absolute Gasteiger partial charge is 0.0400 e. The van der Waals surface area contributed by atoms with Crippen molar-refractivity contribution in [3.8, 4) is 0 Å². The molecule has 4 nitrogen and oxygen atoms in total. The largest absolute Gasteiger partial charge is 0.374 e. The number of anilines is 1. The van der Waals surface area contributed by atoms with Crippen molar-refractivity contribution in [1.82, 2.24) is 0 Å². The highest BCUT2D eigenvalue weighted by molar-refractivity contribution is 5.61. The van der Waals surface area contributed by atoms with Gasteiger partial charge < -0.3 is 4.90 Å². The van der Waals surface area contributed by atoms with Gasteiger partial charge in [0.05, 0.1) is 0 Å². The summed E-state index contributed by atoms with van der Waals surface area (Å²) in [5, 5.41) is 3.60. The number of fused-ring (bicyclic) bond motifs is 1. The van der Waals surface area contributed by atoms with E-state index in [1.807, 2.05) is 12.1 Å². The first-order valence-electron chi connectivity index (χ1n) is 4.70. The SMILES string of the molecule is CN1CCCc2ccc(N=[N+]=[N-])cc21. The first-order valence-corrected chi connectivity index (χ1v) is 4.70. The summed E-state index contributed by atoms with van der Waals surface area (Å²) in [6.45, 7) is 1.08. The number of hydrogen-bond donors (Lipinski definition) is 0. The summed E-state index contributed by atoms with van der Waals surface area (Å²) >= 11 is 0. The molecule has 1 aliphatic heterocycles. The maximum absolute atomic E-state index is 8.33. The molecule has 0 saturated heterocycles. The standard InChI is InChI=1S/C10H12N4/c1-14-6-2-3-8-4-5-9(12-13-11)7-10(8)14/h4-5,7H,2-3,6H2,1H3. The zero-order valence-corrected chi connectivity index (χ0v) is 8.14. The summed E-state index contributed by atoms with van der Waals surface area (Å²) in [6, 6.07) is 5.88. The quantitative estimate of drug-likeness (QED) is 0.379. The van der Waals surface area contributed by atoms with Crippen LogP contribution in [0.15, 0.2) is 23.3 Å². The third-order valence-corrected chi connectivity index (χ3v) is 2.58. The van der Waals surface area contributed by atoms with Crippen LogP contribution in [0.4, 0.5) is 11.4 Å². The first-order chi connectivity index (χ1) is 6.81. The number of hydrogen-bond acceptors (Lipinski definition) is 2. The lowest BCUT2D eigenvalue weighted by atomic mass is 10.0. The van der Waals surface area contributed by atoms with Crippen molar-refractivity contribution >= 4 is 11.4 Å². The lowest BCUT2D eigenvalue weighted by Crippen LogP contribution is -2.24. The van der Waals surface area contributed by atoms with Crippen molar-refractivity contribution in [1.29, 1.82) is 0 Å². The van der Waals surface area contributed by atoms with E-state index in [2.05, 4.69) is 28.0 Å². The van der Waals surface area contributed by atoms with Crippen LogP contribution in [0.25, 0.3) is 10.4 Å². The first kappa shape index (κ1) is 8.91. The molecule has 0 amide bonds. The number of aryl methyl sites for hydroxylation is 1. The molecule has 0 aromatic heterocycles. The van der Waals surface area contributed by atoms with Crippen LogP contribution in [0.5, 0.6) is 0 Å². The fraction of sp³-hybridized carbons (Fsp3) is 0.400. The highest BCUT2D eigenvalue weighted by Crippen LogP contribution is 2.29. The third kappa shape index (κ3) is 1.52. The van der Waals surface area contributed by atoms with Crippen LogP contribution < -0.4 is 4.90 Å². The Kier molecular flexibility index (Phi) is 2.29. The van der Waals surface area contributed by atoms with Crippen molar-refractivity contribution in [2.75, 3.05) is 18.5 Å². The van der Waals surface area contributed by atoms with Crippen LogP contribution in [0.1, 0.15) is 12.0 Å². The summed E-state index contributed by atoms with van der Waals surface area (Å²) < 4.78 is 0. The highest BCUT2D eigenvalue weighted by atomic mass is 15.1. The molecule has 1 heterocycles. The summed E-state index contributed by atoms with van der Waals surface area (Å²) in [4.78, 5) is 4.99. The van der Waals surface area contributed by atoms with Crippen molar-refractivity contribution < 1.29 is 0 Å². The fourth-order valence-electron chi connectivity index (χ4n) is 1.86. The topological polar surface area (TPSA) is 52.0 Å². The number of nitrogens with zero attached hydrogens (tertiary/aromatic N) is 4. The van der Waals surface area contributed by atoms with Gasteiger partial charge in [-0.15, -0.1) is 0 Å². The van der Waals surface area contributed by atoms with Crippen molar-refractivity contribution in [2.24, 2.45) is 5.11 Å². The lowest BCUT2D eigenvalue weighted by molar-refractivity contribution is 0.744. The van der Waals surface area contributed by atoms with E-state index in [4.69, 9.17) is 5.53 Å². The van der Waals surface area contributed by atoms with Crippen LogP contribution in [0.2, 0.25) is 0 Å². The summed E-state index contributed by atoms with van der Waals surface area (Å²) in [6.07, 6.45) is 2.32. The van der Waals surface area contributed by atoms with Gasteiger partial charge in [-0.2, -0.15) is 0 Å². The maximum Gasteiger partial charge on any atom is 0.0400 e. The average molecular weight is 188 g/mol. The molecule has 0 atom stereocenters. The molecule has 0 bridgehead atoms. The molecular formula is C10H12N4. The Morgan fingerprint density at radius 2 is 2.36 bits per heavy atom. The minimum atomic E-state index is 0.694. The van der Waals surface area contributed by atoms with Crippen molar-refractivity contribution in [3.05, 3.63) is 34.2 Å². The van der Waals surface area contributed by atoms with E-state index in [1.54, 1.807) is 0 Å². The van der Waals surface area contributed by atoms with Gasteiger partial charge in [0.1, 0.15) is 0 Å². The second kappa shape index (κ2) is 3.60. The van der Waals surface area contributed by atoms with Gasteiger partial charge in [-0.05, 0) is 30.0 Å². The molecule has 4 heteroatoms. The van der Waals surface area contributed by atoms with Crippen LogP contribution in [0, 0.1) is 0 Å². The van der Waals surface area contributed by atoms with Gasteiger partial charge in [0.15, 0.2) is 0 Å². The highest BCUT2D eigenvalue weighted by Gasteiger charge is 2.12. The maximum atomic E-state index is 8.33. The van der Waals surface area contributed by atoms with Crippen molar-refractivity contribution in [3.63, 3.8) is 0 Å². The van der Waals surface area contributed by atoms with Gasteiger partial charge in [-0.3, -0.25) is 0 Å². The second-order valence-electron chi connectivity index (χ2n) is 3.53. The molecule has 0 N–H and O–H groups in total. The van der Waals surface area contributed by atoms with Crippen LogP contribution in [-0.4, -0.2) is 13.6 Å². The fourth-order valence-corrected chi connectivity index (χ4v) is 1.86. The van der Waals surface area contributed by atoms with Gasteiger partial charge in [-0.1, -0.05) is 17.2 Å². The second-order valence-corrected chi connectivity index (χ2v) is 3.53. The van der Waals surface area contributed by atoms with Gasteiger partial charge in [0, 0.05) is 29.9 Å². The number of benzene rings is 1. The summed E-state index contributed by atoms with van der Waals surface area (Å²) in [7, 11) is 2.07. The van der Waals surface area contributed by atoms with Gasteiger partial charge in [0.25, 0.3) is 0 Å². The Labute approximate surface area is 82.8 Å². The predicted octanol–water partition coefficient (Wildman–Crippen LogP) is 3.01. The zero-order valence-electron chi connectivity index (χ0n) is 8.14. The van der Waals surface area contributed by atoms with E-state index in [1.165, 1.54) is 17.7 Å². The van der Waals surface area contributed by atoms with E-state index in [0.29, 0.717) is 5.69 Å². The Morgan fingerprint density at radius 3 is 3.14 bits per heavy atom. The molecule has 0 aliphatic carbocycles. The molecule has 1 aliphatic rings. The molecule has 0 unspecified atom stereocenters. The van der Waals surface area contributed by atoms with Gasteiger partial charge >= 0.3 is 0 Å². The molecule has 1 aromatic carbocycles. The van der Waals surface area contributed by atoms with Crippen LogP contribution >= 0.6 is 0 Å². The number of rotatable bonds is 1. The van der Waals surface area contributed by atoms with Gasteiger partial charge in [-0.25, -0.2) is 0 Å². The molecule has 0 saturated carbocycles. The third-order valence-electron chi connectivity index (χ3n) is 2.58. The molecule has 1 aromatic rings. The molecule has 72 valence electrons. The lowest BCUT2D eigenvalue weighted by Gasteiger charge is -2.27. The molecule has 0 radical (unpaired) electrons. The van der Waals surface area contributed by atoms with E-state index >= 15 is 0 Å². The normalized spacial score (nSPS) is 14.5. The average Bonchev–Trinajstić information content (AvgIpc) is 2.20. The van der Waals surface area contributed by atoms with E-state index in [0.717, 1.165) is 13.0 Å². The van der Waals surface area contributed by atoms with E-state index < -0.39 is 0 Å². The van der Waals surface area contributed by atoms with Crippen molar-refractivity contribution in [2.45, 2.75) is 12.8 Å². The Hall–Kier alpha value is -1.67. The molecule has 14 heavy (non-hydrogen) atoms. The minimum Gasteiger partial charge on any atom is -0.374 e. The molecule has 0 fully saturated rings. The molecular weight excluding hydrogens is 176 g/mol. The number of azide groups is 1. The molecule has 2 rings (SSSR count). The minimum absolute atomic E-state index is 0.694. The monoisotopic (exact) mass is 188 g/mol. The Bertz CT molecular complexity index is 393. The van der Waals surface area contributed by atoms with E-state index in [-0.39, 0.29) is 0 Å². The van der Waals surface area contributed by atoms with Gasteiger partial charge in [0.2, 0.25) is 0 Å². The Morgan fingerprint density at radius 1 is 1.50 bits per heavy atom. The zero-order chi connectivity index (χ0) is 9.97. The Balaban J connectivity index is 2.45. The molecule has 0 spiro atoms. The predicted molar refractivity (Wildman–Crippen MR) is 56.8 cm³/mol. The van der Waals surface area contributed by atoms with Crippen LogP contribution in [0.3, 0.4) is 0 Å². The van der Waals surface area contributed by atoms with E-state index in [9.17, 15) is 0 Å². The summed E-state index contributed by atoms with van der Waals surface area (Å²) in [5.41, 5.74) is 11.6.